The molecule has 3 aromatic carbocycles. The summed E-state index contributed by atoms with van der Waals surface area (Å²) in [6.45, 7) is 0. The van der Waals surface area contributed by atoms with E-state index in [1.807, 2.05) is 0 Å². The Morgan fingerprint density at radius 1 is 0.903 bits per heavy atom. The topological polar surface area (TPSA) is 121 Å². The van der Waals surface area contributed by atoms with E-state index < -0.39 is 23.0 Å². The van der Waals surface area contributed by atoms with Gasteiger partial charge in [0, 0.05) is 25.7 Å². The number of benzene rings is 3. The van der Waals surface area contributed by atoms with Crippen LogP contribution in [0.3, 0.4) is 0 Å². The van der Waals surface area contributed by atoms with E-state index in [1.165, 1.54) is 11.0 Å². The predicted molar refractivity (Wildman–Crippen MR) is 116 cm³/mol. The van der Waals surface area contributed by atoms with Crippen LogP contribution in [-0.2, 0) is 11.3 Å². The van der Waals surface area contributed by atoms with Crippen molar-refractivity contribution in [2.75, 3.05) is 18.4 Å². The van der Waals surface area contributed by atoms with E-state index in [0.717, 1.165) is 22.0 Å². The lowest BCUT2D eigenvalue weighted by molar-refractivity contribution is 0.0693. The van der Waals surface area contributed by atoms with Crippen molar-refractivity contribution < 1.29 is 28.6 Å². The molecule has 0 aliphatic rings. The average Bonchev–Trinajstić information content (AvgIpc) is 2.73. The van der Waals surface area contributed by atoms with Crippen LogP contribution in [0.5, 0.6) is 5.75 Å². The molecule has 3 rings (SSSR count). The standard InChI is InChI=1S/C22H20N2O6S/c1-23(2)21(26)15-8-6-14(7-9-15)16-4-3-5-17(12-16)24(31(29)30)18-10-11-19(22(27)28)20(25)13-18/h3-13,25H,1-2H3,(H,27,28)(H,29,30)/p-1. The van der Waals surface area contributed by atoms with Gasteiger partial charge in [-0.25, -0.2) is 4.79 Å². The fourth-order valence-corrected chi connectivity index (χ4v) is 3.60. The minimum Gasteiger partial charge on any atom is -0.755 e. The molecule has 0 saturated carbocycles. The normalized spacial score (nSPS) is 11.6. The molecule has 0 radical (unpaired) electrons. The minimum atomic E-state index is -2.74. The average molecular weight is 439 g/mol. The summed E-state index contributed by atoms with van der Waals surface area (Å²) in [5.41, 5.74) is 2.06. The molecule has 0 spiro atoms. The van der Waals surface area contributed by atoms with E-state index in [1.54, 1.807) is 62.6 Å². The Morgan fingerprint density at radius 2 is 1.55 bits per heavy atom. The van der Waals surface area contributed by atoms with Gasteiger partial charge in [0.25, 0.3) is 5.91 Å². The van der Waals surface area contributed by atoms with Gasteiger partial charge >= 0.3 is 5.97 Å². The number of carbonyl (C=O) groups excluding carboxylic acids is 1. The first-order chi connectivity index (χ1) is 14.7. The van der Waals surface area contributed by atoms with Crippen LogP contribution < -0.4 is 4.31 Å². The SMILES string of the molecule is CN(C)C(=O)c1ccc(-c2cccc(N(c3ccc(C(=O)O)c(O)c3)S(=O)[O-])c2)cc1. The summed E-state index contributed by atoms with van der Waals surface area (Å²) in [5.74, 6) is -1.99. The Balaban J connectivity index is 1.98. The number of carbonyl (C=O) groups is 2. The van der Waals surface area contributed by atoms with Crippen LogP contribution in [0.25, 0.3) is 11.1 Å². The molecule has 8 nitrogen and oxygen atoms in total. The number of hydrogen-bond acceptors (Lipinski definition) is 5. The maximum Gasteiger partial charge on any atom is 0.339 e. The van der Waals surface area contributed by atoms with E-state index in [2.05, 4.69) is 0 Å². The highest BCUT2D eigenvalue weighted by Gasteiger charge is 2.16. The number of carboxylic acid groups (broad SMARTS) is 1. The van der Waals surface area contributed by atoms with Crippen molar-refractivity contribution in [1.82, 2.24) is 4.90 Å². The van der Waals surface area contributed by atoms with Gasteiger partial charge in [-0.3, -0.25) is 13.3 Å². The smallest absolute Gasteiger partial charge is 0.339 e. The van der Waals surface area contributed by atoms with Crippen molar-refractivity contribution in [3.8, 4) is 16.9 Å². The Labute approximate surface area is 181 Å². The number of amides is 1. The lowest BCUT2D eigenvalue weighted by atomic mass is 10.0. The summed E-state index contributed by atoms with van der Waals surface area (Å²) in [7, 11) is 3.33. The molecule has 1 unspecified atom stereocenters. The van der Waals surface area contributed by atoms with E-state index in [0.29, 0.717) is 16.8 Å². The maximum atomic E-state index is 12.1. The summed E-state index contributed by atoms with van der Waals surface area (Å²) < 4.78 is 24.8. The quantitative estimate of drug-likeness (QED) is 0.568. The number of aromatic carboxylic acids is 1. The van der Waals surface area contributed by atoms with Crippen LogP contribution in [0.15, 0.2) is 66.7 Å². The van der Waals surface area contributed by atoms with Gasteiger partial charge in [0.1, 0.15) is 11.3 Å². The molecule has 1 amide bonds. The fourth-order valence-electron chi connectivity index (χ4n) is 3.02. The number of phenols is 1. The number of anilines is 2. The van der Waals surface area contributed by atoms with Crippen molar-refractivity contribution in [1.29, 1.82) is 0 Å². The molecule has 0 saturated heterocycles. The van der Waals surface area contributed by atoms with Gasteiger partial charge in [-0.05, 0) is 47.5 Å². The monoisotopic (exact) mass is 439 g/mol. The van der Waals surface area contributed by atoms with Crippen LogP contribution >= 0.6 is 0 Å². The Hall–Kier alpha value is -3.69. The molecule has 9 heteroatoms. The number of nitrogens with zero attached hydrogens (tertiary/aromatic N) is 2. The molecule has 0 aliphatic heterocycles. The number of aromatic hydroxyl groups is 1. The largest absolute Gasteiger partial charge is 0.755 e. The van der Waals surface area contributed by atoms with Gasteiger partial charge in [0.15, 0.2) is 0 Å². The molecule has 31 heavy (non-hydrogen) atoms. The first-order valence-electron chi connectivity index (χ1n) is 9.07. The zero-order valence-corrected chi connectivity index (χ0v) is 17.5. The highest BCUT2D eigenvalue weighted by atomic mass is 32.2. The summed E-state index contributed by atoms with van der Waals surface area (Å²) in [5, 5.41) is 19.0. The fraction of sp³-hybridized carbons (Fsp3) is 0.0909. The molecule has 2 N–H and O–H groups in total. The van der Waals surface area contributed by atoms with Gasteiger partial charge in [-0.2, -0.15) is 0 Å². The van der Waals surface area contributed by atoms with E-state index in [9.17, 15) is 23.5 Å². The van der Waals surface area contributed by atoms with Gasteiger partial charge in [0.05, 0.1) is 22.6 Å². The van der Waals surface area contributed by atoms with Gasteiger partial charge in [0.2, 0.25) is 0 Å². The van der Waals surface area contributed by atoms with Crippen LogP contribution in [0.1, 0.15) is 20.7 Å². The first kappa shape index (κ1) is 22.0. The number of hydrogen-bond donors (Lipinski definition) is 2. The summed E-state index contributed by atoms with van der Waals surface area (Å²) in [6.07, 6.45) is 0. The Bertz CT molecular complexity index is 1160. The van der Waals surface area contributed by atoms with Gasteiger partial charge < -0.3 is 19.7 Å². The zero-order chi connectivity index (χ0) is 22.7. The third-order valence-corrected chi connectivity index (χ3v) is 5.27. The number of rotatable bonds is 6. The highest BCUT2D eigenvalue weighted by molar-refractivity contribution is 7.81. The molecule has 0 aromatic heterocycles. The molecule has 0 aliphatic carbocycles. The summed E-state index contributed by atoms with van der Waals surface area (Å²) >= 11 is -2.74. The second-order valence-electron chi connectivity index (χ2n) is 6.85. The van der Waals surface area contributed by atoms with Crippen molar-refractivity contribution >= 4 is 34.5 Å². The minimum absolute atomic E-state index is 0.0833. The van der Waals surface area contributed by atoms with Gasteiger partial charge in [-0.15, -0.1) is 0 Å². The van der Waals surface area contributed by atoms with Crippen LogP contribution in [0.2, 0.25) is 0 Å². The second-order valence-corrected chi connectivity index (χ2v) is 7.64. The number of carboxylic acids is 1. The summed E-state index contributed by atoms with van der Waals surface area (Å²) in [6, 6.07) is 17.1. The van der Waals surface area contributed by atoms with Crippen molar-refractivity contribution in [2.24, 2.45) is 0 Å². The third-order valence-electron chi connectivity index (χ3n) is 4.55. The highest BCUT2D eigenvalue weighted by Crippen LogP contribution is 2.33. The van der Waals surface area contributed by atoms with Crippen molar-refractivity contribution in [3.63, 3.8) is 0 Å². The first-order valence-corrected chi connectivity index (χ1v) is 10.1. The van der Waals surface area contributed by atoms with Crippen molar-refractivity contribution in [2.45, 2.75) is 0 Å². The Morgan fingerprint density at radius 3 is 2.10 bits per heavy atom. The summed E-state index contributed by atoms with van der Waals surface area (Å²) in [4.78, 5) is 24.6. The van der Waals surface area contributed by atoms with Crippen LogP contribution in [0, 0.1) is 0 Å². The predicted octanol–water partition coefficient (Wildman–Crippen LogP) is 3.39. The molecule has 0 fully saturated rings. The molecule has 1 atom stereocenters. The van der Waals surface area contributed by atoms with Gasteiger partial charge in [-0.1, -0.05) is 24.3 Å². The lowest BCUT2D eigenvalue weighted by Gasteiger charge is -2.27. The molecule has 160 valence electrons. The van der Waals surface area contributed by atoms with Crippen LogP contribution in [-0.4, -0.2) is 49.8 Å². The second kappa shape index (κ2) is 8.99. The van der Waals surface area contributed by atoms with E-state index in [-0.39, 0.29) is 17.2 Å². The molecular weight excluding hydrogens is 420 g/mol. The van der Waals surface area contributed by atoms with E-state index >= 15 is 0 Å². The molecule has 0 heterocycles. The van der Waals surface area contributed by atoms with E-state index in [4.69, 9.17) is 5.11 Å². The lowest BCUT2D eigenvalue weighted by Crippen LogP contribution is -2.21. The maximum absolute atomic E-state index is 12.1. The molecule has 3 aromatic rings. The molecular formula is C22H19N2O6S-. The third kappa shape index (κ3) is 4.73. The molecule has 0 bridgehead atoms. The van der Waals surface area contributed by atoms with Crippen molar-refractivity contribution in [3.05, 3.63) is 77.9 Å². The zero-order valence-electron chi connectivity index (χ0n) is 16.7. The van der Waals surface area contributed by atoms with Crippen LogP contribution in [0.4, 0.5) is 11.4 Å². The Kier molecular flexibility index (Phi) is 6.38.